The van der Waals surface area contributed by atoms with E-state index in [1.165, 1.54) is 4.57 Å². The molecule has 0 bridgehead atoms. The Kier molecular flexibility index (Phi) is 3.75. The van der Waals surface area contributed by atoms with Gasteiger partial charge in [-0.2, -0.15) is 5.10 Å². The number of H-pyrrole nitrogens is 1. The molecule has 0 aliphatic carbocycles. The van der Waals surface area contributed by atoms with E-state index in [2.05, 4.69) is 20.4 Å². The quantitative estimate of drug-likeness (QED) is 0.754. The maximum absolute atomic E-state index is 12.1. The van der Waals surface area contributed by atoms with Crippen molar-refractivity contribution in [1.29, 1.82) is 0 Å². The summed E-state index contributed by atoms with van der Waals surface area (Å²) in [4.78, 5) is 30.7. The summed E-state index contributed by atoms with van der Waals surface area (Å²) in [6.07, 6.45) is 5.00. The molecule has 0 saturated carbocycles. The fraction of sp³-hybridized carbons (Fsp3) is 0.375. The van der Waals surface area contributed by atoms with Gasteiger partial charge in [-0.25, -0.2) is 14.3 Å². The molecule has 0 amide bonds. The molecule has 3 rings (SSSR count). The van der Waals surface area contributed by atoms with E-state index >= 15 is 0 Å². The van der Waals surface area contributed by atoms with Gasteiger partial charge in [-0.05, 0) is 33.8 Å². The summed E-state index contributed by atoms with van der Waals surface area (Å²) >= 11 is 0. The molecule has 3 aromatic rings. The summed E-state index contributed by atoms with van der Waals surface area (Å²) < 4.78 is 3.24. The number of aromatic nitrogens is 5. The van der Waals surface area contributed by atoms with E-state index in [1.54, 1.807) is 23.1 Å². The lowest BCUT2D eigenvalue weighted by molar-refractivity contribution is 0.374. The average molecular weight is 328 g/mol. The van der Waals surface area contributed by atoms with Gasteiger partial charge in [-0.15, -0.1) is 0 Å². The number of aryl methyl sites for hydroxylation is 1. The largest absolute Gasteiger partial charge is 0.364 e. The molecule has 126 valence electrons. The van der Waals surface area contributed by atoms with Crippen molar-refractivity contribution in [3.63, 3.8) is 0 Å². The Morgan fingerprint density at radius 1 is 1.29 bits per heavy atom. The Morgan fingerprint density at radius 2 is 2.04 bits per heavy atom. The second kappa shape index (κ2) is 5.63. The lowest BCUT2D eigenvalue weighted by Crippen LogP contribution is -2.40. The molecule has 24 heavy (non-hydrogen) atoms. The number of nitrogens with one attached hydrogen (secondary N) is 2. The predicted molar refractivity (Wildman–Crippen MR) is 91.4 cm³/mol. The number of rotatable bonds is 3. The van der Waals surface area contributed by atoms with E-state index in [0.717, 1.165) is 11.2 Å². The summed E-state index contributed by atoms with van der Waals surface area (Å²) in [6, 6.07) is 1.91. The summed E-state index contributed by atoms with van der Waals surface area (Å²) in [5.74, 6) is 0.631. The van der Waals surface area contributed by atoms with E-state index in [-0.39, 0.29) is 6.54 Å². The summed E-state index contributed by atoms with van der Waals surface area (Å²) in [6.45, 7) is 7.87. The molecule has 3 heterocycles. The summed E-state index contributed by atoms with van der Waals surface area (Å²) in [7, 11) is 0. The van der Waals surface area contributed by atoms with Crippen molar-refractivity contribution >= 4 is 11.3 Å². The molecule has 8 heteroatoms. The topological polar surface area (TPSA) is 97.1 Å². The van der Waals surface area contributed by atoms with Crippen molar-refractivity contribution in [2.24, 2.45) is 0 Å². The van der Waals surface area contributed by atoms with Crippen LogP contribution in [0.15, 0.2) is 34.2 Å². The van der Waals surface area contributed by atoms with Crippen LogP contribution in [0.3, 0.4) is 0 Å². The Balaban J connectivity index is 1.94. The van der Waals surface area contributed by atoms with Crippen LogP contribution < -0.4 is 16.6 Å². The SMILES string of the molecule is Cc1cc2c(NCc3cn(C(C)(C)C)c(=O)[nH]c3=O)nccn2n1. The van der Waals surface area contributed by atoms with Crippen LogP contribution >= 0.6 is 0 Å². The van der Waals surface area contributed by atoms with Crippen molar-refractivity contribution in [3.05, 3.63) is 56.8 Å². The van der Waals surface area contributed by atoms with Crippen LogP contribution in [0.1, 0.15) is 32.0 Å². The normalized spacial score (nSPS) is 11.8. The molecule has 0 fully saturated rings. The Hall–Kier alpha value is -2.90. The van der Waals surface area contributed by atoms with Crippen LogP contribution in [0.25, 0.3) is 5.52 Å². The van der Waals surface area contributed by atoms with Crippen molar-refractivity contribution in [3.8, 4) is 0 Å². The highest BCUT2D eigenvalue weighted by Crippen LogP contribution is 2.15. The van der Waals surface area contributed by atoms with Gasteiger partial charge in [0.05, 0.1) is 11.3 Å². The molecule has 0 saturated heterocycles. The Morgan fingerprint density at radius 3 is 2.75 bits per heavy atom. The average Bonchev–Trinajstić information content (AvgIpc) is 2.85. The zero-order chi connectivity index (χ0) is 17.5. The van der Waals surface area contributed by atoms with Gasteiger partial charge < -0.3 is 5.32 Å². The highest BCUT2D eigenvalue weighted by molar-refractivity contribution is 5.67. The summed E-state index contributed by atoms with van der Waals surface area (Å²) in [5, 5.41) is 7.48. The Bertz CT molecular complexity index is 1010. The molecule has 0 radical (unpaired) electrons. The molecule has 0 aromatic carbocycles. The first-order valence-electron chi connectivity index (χ1n) is 7.66. The lowest BCUT2D eigenvalue weighted by atomic mass is 10.1. The highest BCUT2D eigenvalue weighted by Gasteiger charge is 2.16. The minimum Gasteiger partial charge on any atom is -0.364 e. The van der Waals surface area contributed by atoms with E-state index in [0.29, 0.717) is 11.4 Å². The Labute approximate surface area is 138 Å². The minimum absolute atomic E-state index is 0.253. The van der Waals surface area contributed by atoms with Crippen molar-refractivity contribution < 1.29 is 0 Å². The second-order valence-corrected chi connectivity index (χ2v) is 6.70. The monoisotopic (exact) mass is 328 g/mol. The van der Waals surface area contributed by atoms with Gasteiger partial charge in [-0.1, -0.05) is 0 Å². The van der Waals surface area contributed by atoms with Crippen LogP contribution in [-0.2, 0) is 12.1 Å². The number of fused-ring (bicyclic) bond motifs is 1. The highest BCUT2D eigenvalue weighted by atomic mass is 16.2. The van der Waals surface area contributed by atoms with E-state index in [1.807, 2.05) is 33.8 Å². The fourth-order valence-electron chi connectivity index (χ4n) is 2.49. The fourth-order valence-corrected chi connectivity index (χ4v) is 2.49. The van der Waals surface area contributed by atoms with Crippen molar-refractivity contribution in [1.82, 2.24) is 24.1 Å². The first kappa shape index (κ1) is 16.0. The number of hydrogen-bond acceptors (Lipinski definition) is 5. The first-order chi connectivity index (χ1) is 11.3. The third-order valence-corrected chi connectivity index (χ3v) is 3.70. The zero-order valence-electron chi connectivity index (χ0n) is 14.1. The number of nitrogens with zero attached hydrogens (tertiary/aromatic N) is 4. The van der Waals surface area contributed by atoms with E-state index < -0.39 is 16.8 Å². The minimum atomic E-state index is -0.420. The van der Waals surface area contributed by atoms with Crippen LogP contribution in [0.5, 0.6) is 0 Å². The van der Waals surface area contributed by atoms with Crippen molar-refractivity contribution in [2.45, 2.75) is 39.8 Å². The summed E-state index contributed by atoms with van der Waals surface area (Å²) in [5.41, 5.74) is 0.939. The van der Waals surface area contributed by atoms with Gasteiger partial charge in [0.25, 0.3) is 5.56 Å². The number of aromatic amines is 1. The van der Waals surface area contributed by atoms with Gasteiger partial charge in [0.1, 0.15) is 5.52 Å². The molecule has 0 unspecified atom stereocenters. The lowest BCUT2D eigenvalue weighted by Gasteiger charge is -2.22. The molecule has 0 aliphatic heterocycles. The molecular weight excluding hydrogens is 308 g/mol. The molecule has 2 N–H and O–H groups in total. The second-order valence-electron chi connectivity index (χ2n) is 6.70. The van der Waals surface area contributed by atoms with Crippen LogP contribution in [0.2, 0.25) is 0 Å². The molecule has 0 atom stereocenters. The molecule has 3 aromatic heterocycles. The molecular formula is C16H20N6O2. The molecule has 0 spiro atoms. The first-order valence-corrected chi connectivity index (χ1v) is 7.66. The standard InChI is InChI=1S/C16H20N6O2/c1-10-7-12-13(17-5-6-22(12)20-10)18-8-11-9-21(16(2,3)4)15(24)19-14(11)23/h5-7,9H,8H2,1-4H3,(H,17,18)(H,19,23,24). The van der Waals surface area contributed by atoms with E-state index in [9.17, 15) is 9.59 Å². The third kappa shape index (κ3) is 2.94. The van der Waals surface area contributed by atoms with Gasteiger partial charge in [0, 0.05) is 30.7 Å². The van der Waals surface area contributed by atoms with Gasteiger partial charge in [-0.3, -0.25) is 14.3 Å². The van der Waals surface area contributed by atoms with Crippen molar-refractivity contribution in [2.75, 3.05) is 5.32 Å². The maximum Gasteiger partial charge on any atom is 0.328 e. The van der Waals surface area contributed by atoms with Crippen LogP contribution in [-0.4, -0.2) is 24.1 Å². The zero-order valence-corrected chi connectivity index (χ0v) is 14.1. The van der Waals surface area contributed by atoms with E-state index in [4.69, 9.17) is 0 Å². The smallest absolute Gasteiger partial charge is 0.328 e. The number of hydrogen-bond donors (Lipinski definition) is 2. The third-order valence-electron chi connectivity index (χ3n) is 3.70. The molecule has 0 aliphatic rings. The van der Waals surface area contributed by atoms with Crippen LogP contribution in [0, 0.1) is 6.92 Å². The van der Waals surface area contributed by atoms with Crippen LogP contribution in [0.4, 0.5) is 5.82 Å². The number of anilines is 1. The van der Waals surface area contributed by atoms with Gasteiger partial charge in [0.2, 0.25) is 0 Å². The maximum atomic E-state index is 12.1. The van der Waals surface area contributed by atoms with Gasteiger partial charge >= 0.3 is 5.69 Å². The predicted octanol–water partition coefficient (Wildman–Crippen LogP) is 1.25. The van der Waals surface area contributed by atoms with Gasteiger partial charge in [0.15, 0.2) is 5.82 Å². The molecule has 8 nitrogen and oxygen atoms in total.